The first kappa shape index (κ1) is 36.5. The zero-order valence-corrected chi connectivity index (χ0v) is 34.1. The van der Waals surface area contributed by atoms with Crippen molar-refractivity contribution in [2.45, 2.75) is 108 Å². The molecule has 0 radical (unpaired) electrons. The van der Waals surface area contributed by atoms with Crippen LogP contribution in [0.25, 0.3) is 16.8 Å². The maximum atomic E-state index is 12.1. The number of anilines is 1. The number of hydrogen-bond donors (Lipinski definition) is 1. The van der Waals surface area contributed by atoms with E-state index in [-0.39, 0.29) is 18.0 Å². The molecule has 1 amide bonds. The van der Waals surface area contributed by atoms with Crippen LogP contribution in [-0.4, -0.2) is 97.2 Å². The van der Waals surface area contributed by atoms with Crippen molar-refractivity contribution in [3.05, 3.63) is 33.8 Å². The SMILES string of the molecule is C[Si](C)(C)CCOCN(COCC[Si](C)(C)C)c1c(I)c(C2C[C@H]3CC[C@@H](C2)N3C(=O)O)nc2c(-c3ccc(OCC4CC4)nc3)cnn12. The van der Waals surface area contributed by atoms with Gasteiger partial charge in [0.05, 0.1) is 22.1 Å². The predicted molar refractivity (Wildman–Crippen MR) is 206 cm³/mol. The van der Waals surface area contributed by atoms with Crippen molar-refractivity contribution in [2.75, 3.05) is 38.2 Å². The van der Waals surface area contributed by atoms with E-state index in [2.05, 4.69) is 71.8 Å². The quantitative estimate of drug-likeness (QED) is 0.0665. The Hall–Kier alpha value is -2.28. The van der Waals surface area contributed by atoms with Crippen LogP contribution in [-0.2, 0) is 9.47 Å². The van der Waals surface area contributed by atoms with Crippen molar-refractivity contribution in [1.29, 1.82) is 0 Å². The Balaban J connectivity index is 1.37. The smallest absolute Gasteiger partial charge is 0.407 e. The number of carbonyl (C=O) groups is 1. The van der Waals surface area contributed by atoms with Crippen LogP contribution in [0.3, 0.4) is 0 Å². The van der Waals surface area contributed by atoms with Gasteiger partial charge in [0.1, 0.15) is 13.5 Å². The van der Waals surface area contributed by atoms with Gasteiger partial charge in [-0.15, -0.1) is 0 Å². The van der Waals surface area contributed by atoms with E-state index < -0.39 is 22.2 Å². The number of aromatic nitrogens is 4. The Morgan fingerprint density at radius 3 is 2.12 bits per heavy atom. The van der Waals surface area contributed by atoms with Gasteiger partial charge in [0.15, 0.2) is 11.5 Å². The van der Waals surface area contributed by atoms with Crippen LogP contribution in [0.2, 0.25) is 51.4 Å². The summed E-state index contributed by atoms with van der Waals surface area (Å²) in [5.41, 5.74) is 3.56. The molecule has 1 saturated carbocycles. The minimum atomic E-state index is -1.27. The summed E-state index contributed by atoms with van der Waals surface area (Å²) in [7, 11) is -2.55. The Morgan fingerprint density at radius 1 is 0.959 bits per heavy atom. The average Bonchev–Trinajstić information content (AvgIpc) is 3.71. The number of piperidine rings is 1. The third-order valence-corrected chi connectivity index (χ3v) is 14.4. The molecule has 0 spiro atoms. The van der Waals surface area contributed by atoms with Crippen LogP contribution < -0.4 is 9.64 Å². The monoisotopic (exact) mass is 820 g/mol. The van der Waals surface area contributed by atoms with E-state index in [0.717, 1.165) is 69.6 Å². The van der Waals surface area contributed by atoms with Gasteiger partial charge in [0.25, 0.3) is 0 Å². The zero-order chi connectivity index (χ0) is 34.9. The normalized spacial score (nSPS) is 21.0. The summed E-state index contributed by atoms with van der Waals surface area (Å²) >= 11 is 2.43. The number of pyridine rings is 1. The number of fused-ring (bicyclic) bond motifs is 3. The molecule has 2 aliphatic heterocycles. The van der Waals surface area contributed by atoms with Crippen molar-refractivity contribution in [3.63, 3.8) is 0 Å². The number of rotatable bonds is 16. The maximum Gasteiger partial charge on any atom is 0.407 e. The van der Waals surface area contributed by atoms with Gasteiger partial charge in [0, 0.05) is 70.8 Å². The number of ether oxygens (including phenoxy) is 3. The molecule has 11 nitrogen and oxygen atoms in total. The first-order chi connectivity index (χ1) is 23.3. The third-order valence-electron chi connectivity index (χ3n) is 9.93. The molecule has 3 atom stereocenters. The van der Waals surface area contributed by atoms with Crippen molar-refractivity contribution in [2.24, 2.45) is 5.92 Å². The summed E-state index contributed by atoms with van der Waals surface area (Å²) in [4.78, 5) is 26.0. The molecule has 14 heteroatoms. The highest BCUT2D eigenvalue weighted by molar-refractivity contribution is 14.1. The van der Waals surface area contributed by atoms with Crippen LogP contribution in [0.1, 0.15) is 50.1 Å². The molecule has 2 bridgehead atoms. The van der Waals surface area contributed by atoms with Gasteiger partial charge in [-0.05, 0) is 85.2 Å². The molecule has 1 unspecified atom stereocenters. The zero-order valence-electron chi connectivity index (χ0n) is 30.0. The van der Waals surface area contributed by atoms with Gasteiger partial charge >= 0.3 is 6.09 Å². The molecular weight excluding hydrogens is 767 g/mol. The van der Waals surface area contributed by atoms with Crippen molar-refractivity contribution in [3.8, 4) is 17.0 Å². The lowest BCUT2D eigenvalue weighted by Gasteiger charge is -2.37. The summed E-state index contributed by atoms with van der Waals surface area (Å²) in [5.74, 6) is 2.32. The second kappa shape index (κ2) is 15.1. The molecule has 3 aromatic heterocycles. The summed E-state index contributed by atoms with van der Waals surface area (Å²) in [5, 5.41) is 14.9. The molecule has 3 fully saturated rings. The minimum absolute atomic E-state index is 0.0150. The fraction of sp³-hybridized carbons (Fsp3) is 0.657. The Morgan fingerprint density at radius 2 is 1.59 bits per heavy atom. The van der Waals surface area contributed by atoms with Crippen LogP contribution in [0.5, 0.6) is 5.88 Å². The molecule has 268 valence electrons. The Bertz CT molecular complexity index is 1570. The van der Waals surface area contributed by atoms with Crippen molar-refractivity contribution < 1.29 is 24.1 Å². The highest BCUT2D eigenvalue weighted by atomic mass is 127. The summed E-state index contributed by atoms with van der Waals surface area (Å²) in [6.07, 6.45) is 8.71. The lowest BCUT2D eigenvalue weighted by atomic mass is 9.88. The molecule has 3 aliphatic rings. The fourth-order valence-corrected chi connectivity index (χ4v) is 9.46. The Kier molecular flexibility index (Phi) is 11.3. The van der Waals surface area contributed by atoms with Gasteiger partial charge in [0.2, 0.25) is 5.88 Å². The van der Waals surface area contributed by atoms with Crippen LogP contribution in [0, 0.1) is 9.49 Å². The molecule has 1 aliphatic carbocycles. The molecule has 6 rings (SSSR count). The standard InChI is InChI=1S/C35H53IN6O5Si2/c1-48(2,3)15-13-45-22-40(23-46-14-16-49(4,5)6)34-31(36)32(26-17-27-10-11-28(18-26)41(27)35(43)44)39-33-29(20-38-42(33)34)25-9-12-30(37-19-25)47-21-24-7-8-24/h9,12,19-20,24,26-28H,7-8,10-11,13-18,21-23H2,1-6H3,(H,43,44)/t26?,27-,28+. The van der Waals surface area contributed by atoms with Crippen molar-refractivity contribution in [1.82, 2.24) is 24.5 Å². The third kappa shape index (κ3) is 9.15. The largest absolute Gasteiger partial charge is 0.477 e. The van der Waals surface area contributed by atoms with Gasteiger partial charge in [-0.2, -0.15) is 9.61 Å². The molecule has 3 aromatic rings. The van der Waals surface area contributed by atoms with E-state index >= 15 is 0 Å². The number of halogens is 1. The lowest BCUT2D eigenvalue weighted by molar-refractivity contribution is 0.0931. The number of carboxylic acid groups (broad SMARTS) is 1. The van der Waals surface area contributed by atoms with Gasteiger partial charge < -0.3 is 29.1 Å². The van der Waals surface area contributed by atoms with E-state index in [9.17, 15) is 9.90 Å². The maximum absolute atomic E-state index is 12.1. The summed E-state index contributed by atoms with van der Waals surface area (Å²) in [6, 6.07) is 6.15. The van der Waals surface area contributed by atoms with E-state index in [0.29, 0.717) is 45.1 Å². The highest BCUT2D eigenvalue weighted by Crippen LogP contribution is 2.45. The minimum Gasteiger partial charge on any atom is -0.477 e. The highest BCUT2D eigenvalue weighted by Gasteiger charge is 2.45. The fourth-order valence-electron chi connectivity index (χ4n) is 6.81. The Labute approximate surface area is 306 Å². The number of amides is 1. The van der Waals surface area contributed by atoms with Crippen LogP contribution in [0.15, 0.2) is 24.5 Å². The van der Waals surface area contributed by atoms with Gasteiger partial charge in [-0.3, -0.25) is 0 Å². The molecular formula is C35H53IN6O5Si2. The molecule has 0 aromatic carbocycles. The first-order valence-electron chi connectivity index (χ1n) is 17.9. The van der Waals surface area contributed by atoms with E-state index in [4.69, 9.17) is 24.3 Å². The van der Waals surface area contributed by atoms with Gasteiger partial charge in [-0.25, -0.2) is 14.8 Å². The number of nitrogens with zero attached hydrogens (tertiary/aromatic N) is 6. The summed E-state index contributed by atoms with van der Waals surface area (Å²) in [6.45, 7) is 17.0. The molecule has 5 heterocycles. The molecule has 49 heavy (non-hydrogen) atoms. The molecule has 1 N–H and O–H groups in total. The molecule has 2 saturated heterocycles. The van der Waals surface area contributed by atoms with Crippen LogP contribution >= 0.6 is 22.6 Å². The predicted octanol–water partition coefficient (Wildman–Crippen LogP) is 8.00. The van der Waals surface area contributed by atoms with Crippen molar-refractivity contribution >= 4 is 56.3 Å². The topological polar surface area (TPSA) is 115 Å². The van der Waals surface area contributed by atoms with E-state index in [1.54, 1.807) is 4.90 Å². The second-order valence-electron chi connectivity index (χ2n) is 16.5. The summed E-state index contributed by atoms with van der Waals surface area (Å²) < 4.78 is 21.6. The van der Waals surface area contributed by atoms with Crippen LogP contribution in [0.4, 0.5) is 10.6 Å². The lowest BCUT2D eigenvalue weighted by Crippen LogP contribution is -2.45. The van der Waals surface area contributed by atoms with E-state index in [1.807, 2.05) is 29.0 Å². The van der Waals surface area contributed by atoms with Gasteiger partial charge in [-0.1, -0.05) is 39.3 Å². The second-order valence-corrected chi connectivity index (χ2v) is 28.9. The number of hydrogen-bond acceptors (Lipinski definition) is 8. The first-order valence-corrected chi connectivity index (χ1v) is 26.3. The average molecular weight is 821 g/mol. The van der Waals surface area contributed by atoms with E-state index in [1.165, 1.54) is 12.8 Å².